The van der Waals surface area contributed by atoms with Gasteiger partial charge in [-0.2, -0.15) is 0 Å². The quantitative estimate of drug-likeness (QED) is 0.562. The zero-order valence-electron chi connectivity index (χ0n) is 14.1. The van der Waals surface area contributed by atoms with Gasteiger partial charge in [-0.15, -0.1) is 5.10 Å². The summed E-state index contributed by atoms with van der Waals surface area (Å²) in [6.07, 6.45) is 7.91. The molecule has 1 aromatic carbocycles. The molecule has 0 unspecified atom stereocenters. The number of hydrogen-bond donors (Lipinski definition) is 2. The normalized spacial score (nSPS) is 15.3. The van der Waals surface area contributed by atoms with Gasteiger partial charge < -0.3 is 10.2 Å². The molecule has 0 amide bonds. The van der Waals surface area contributed by atoms with Gasteiger partial charge in [0.2, 0.25) is 0 Å². The van der Waals surface area contributed by atoms with Gasteiger partial charge >= 0.3 is 0 Å². The van der Waals surface area contributed by atoms with Crippen LogP contribution in [0.5, 0.6) is 5.75 Å². The van der Waals surface area contributed by atoms with Gasteiger partial charge in [0, 0.05) is 5.92 Å². The monoisotopic (exact) mass is 382 g/mol. The Kier molecular flexibility index (Phi) is 3.63. The second-order valence-electron chi connectivity index (χ2n) is 6.62. The van der Waals surface area contributed by atoms with Crippen molar-refractivity contribution in [3.8, 4) is 11.4 Å². The zero-order chi connectivity index (χ0) is 18.5. The highest BCUT2D eigenvalue weighted by atomic mass is 35.5. The number of nitrogens with zero attached hydrogens (tertiary/aromatic N) is 6. The Morgan fingerprint density at radius 1 is 1.22 bits per heavy atom. The highest BCUT2D eigenvalue weighted by molar-refractivity contribution is 6.32. The van der Waals surface area contributed by atoms with Gasteiger partial charge in [0.15, 0.2) is 0 Å². The maximum atomic E-state index is 11.1. The third-order valence-electron chi connectivity index (χ3n) is 4.74. The molecule has 0 spiro atoms. The summed E-state index contributed by atoms with van der Waals surface area (Å²) in [5.41, 5.74) is 3.37. The molecule has 27 heavy (non-hydrogen) atoms. The number of rotatable bonds is 4. The molecule has 2 N–H and O–H groups in total. The standard InChI is InChI=1S/C18H15ClN6O2/c19-13-5-11(3-4-15(13)26)25-8-14(22-23-25)18(27)17-16(10-1-2-10)21-7-12-6-20-9-24(12)17/h3-10,18,26-27H,1-2H2/t18-/m0/s1. The van der Waals surface area contributed by atoms with Crippen LogP contribution in [0, 0.1) is 0 Å². The Bertz CT molecular complexity index is 1150. The number of benzene rings is 1. The first-order valence-corrected chi connectivity index (χ1v) is 8.89. The summed E-state index contributed by atoms with van der Waals surface area (Å²) in [6.45, 7) is 0. The molecule has 5 rings (SSSR count). The number of phenolic OH excluding ortho intramolecular Hbond substituents is 1. The topological polar surface area (TPSA) is 101 Å². The van der Waals surface area contributed by atoms with E-state index in [9.17, 15) is 10.2 Å². The molecule has 1 aliphatic rings. The van der Waals surface area contributed by atoms with Gasteiger partial charge in [0.05, 0.1) is 52.5 Å². The highest BCUT2D eigenvalue weighted by Crippen LogP contribution is 2.42. The Morgan fingerprint density at radius 2 is 2.07 bits per heavy atom. The summed E-state index contributed by atoms with van der Waals surface area (Å²) >= 11 is 5.96. The molecule has 0 saturated heterocycles. The van der Waals surface area contributed by atoms with Crippen LogP contribution in [0.25, 0.3) is 11.2 Å². The molecule has 1 saturated carbocycles. The van der Waals surface area contributed by atoms with E-state index in [1.54, 1.807) is 37.1 Å². The van der Waals surface area contributed by atoms with Crippen LogP contribution >= 0.6 is 11.6 Å². The number of hydrogen-bond acceptors (Lipinski definition) is 6. The predicted molar refractivity (Wildman–Crippen MR) is 97.1 cm³/mol. The van der Waals surface area contributed by atoms with Gasteiger partial charge in [-0.3, -0.25) is 9.38 Å². The van der Waals surface area contributed by atoms with Crippen LogP contribution in [0.2, 0.25) is 5.02 Å². The van der Waals surface area contributed by atoms with Gasteiger partial charge in [0.1, 0.15) is 17.5 Å². The molecule has 4 aromatic rings. The van der Waals surface area contributed by atoms with Gasteiger partial charge in [-0.05, 0) is 31.0 Å². The molecule has 0 bridgehead atoms. The van der Waals surface area contributed by atoms with Crippen LogP contribution < -0.4 is 0 Å². The smallest absolute Gasteiger partial charge is 0.142 e. The van der Waals surface area contributed by atoms with Crippen LogP contribution in [0.4, 0.5) is 0 Å². The van der Waals surface area contributed by atoms with E-state index < -0.39 is 6.10 Å². The lowest BCUT2D eigenvalue weighted by atomic mass is 10.1. The van der Waals surface area contributed by atoms with Crippen molar-refractivity contribution in [2.75, 3.05) is 0 Å². The Hall–Kier alpha value is -2.97. The van der Waals surface area contributed by atoms with E-state index in [1.807, 2.05) is 4.40 Å². The summed E-state index contributed by atoms with van der Waals surface area (Å²) < 4.78 is 3.35. The number of imidazole rings is 1. The fourth-order valence-corrected chi connectivity index (χ4v) is 3.35. The van der Waals surface area contributed by atoms with Crippen molar-refractivity contribution >= 4 is 17.1 Å². The molecular formula is C18H15ClN6O2. The van der Waals surface area contributed by atoms with Gasteiger partial charge in [-0.25, -0.2) is 9.67 Å². The average Bonchev–Trinajstić information content (AvgIpc) is 3.19. The van der Waals surface area contributed by atoms with Gasteiger partial charge in [0.25, 0.3) is 0 Å². The number of aromatic nitrogens is 6. The van der Waals surface area contributed by atoms with Crippen LogP contribution in [0.15, 0.2) is 43.1 Å². The second kappa shape index (κ2) is 6.04. The molecule has 0 aliphatic heterocycles. The summed E-state index contributed by atoms with van der Waals surface area (Å²) in [7, 11) is 0. The number of aromatic hydroxyl groups is 1. The third kappa shape index (κ3) is 2.73. The molecule has 1 fully saturated rings. The van der Waals surface area contributed by atoms with Crippen molar-refractivity contribution in [1.82, 2.24) is 29.4 Å². The summed E-state index contributed by atoms with van der Waals surface area (Å²) in [6, 6.07) is 4.73. The number of aliphatic hydroxyl groups excluding tert-OH is 1. The maximum absolute atomic E-state index is 11.1. The number of fused-ring (bicyclic) bond motifs is 1. The van der Waals surface area contributed by atoms with E-state index in [1.165, 1.54) is 10.7 Å². The van der Waals surface area contributed by atoms with E-state index in [0.29, 0.717) is 23.0 Å². The lowest BCUT2D eigenvalue weighted by Crippen LogP contribution is -2.11. The molecule has 3 heterocycles. The third-order valence-corrected chi connectivity index (χ3v) is 5.04. The molecular weight excluding hydrogens is 368 g/mol. The van der Waals surface area contributed by atoms with Crippen molar-refractivity contribution in [1.29, 1.82) is 0 Å². The fourth-order valence-electron chi connectivity index (χ4n) is 3.18. The van der Waals surface area contributed by atoms with E-state index in [0.717, 1.165) is 24.1 Å². The van der Waals surface area contributed by atoms with E-state index in [-0.39, 0.29) is 10.8 Å². The highest BCUT2D eigenvalue weighted by Gasteiger charge is 2.32. The lowest BCUT2D eigenvalue weighted by molar-refractivity contribution is 0.206. The van der Waals surface area contributed by atoms with Crippen LogP contribution in [-0.4, -0.2) is 39.6 Å². The Morgan fingerprint density at radius 3 is 2.85 bits per heavy atom. The first kappa shape index (κ1) is 16.2. The molecule has 3 aromatic heterocycles. The first-order valence-electron chi connectivity index (χ1n) is 8.52. The summed E-state index contributed by atoms with van der Waals surface area (Å²) in [5.74, 6) is 0.347. The maximum Gasteiger partial charge on any atom is 0.142 e. The number of halogens is 1. The van der Waals surface area contributed by atoms with Crippen molar-refractivity contribution in [3.05, 3.63) is 65.2 Å². The molecule has 9 heteroatoms. The predicted octanol–water partition coefficient (Wildman–Crippen LogP) is 2.63. The minimum atomic E-state index is -0.993. The van der Waals surface area contributed by atoms with Crippen molar-refractivity contribution < 1.29 is 10.2 Å². The second-order valence-corrected chi connectivity index (χ2v) is 7.02. The van der Waals surface area contributed by atoms with Crippen LogP contribution in [0.1, 0.15) is 41.9 Å². The van der Waals surface area contributed by atoms with E-state index in [2.05, 4.69) is 20.3 Å². The Balaban J connectivity index is 1.57. The fraction of sp³-hybridized carbons (Fsp3) is 0.222. The van der Waals surface area contributed by atoms with Crippen molar-refractivity contribution in [2.24, 2.45) is 0 Å². The first-order chi connectivity index (χ1) is 13.1. The minimum absolute atomic E-state index is 0.00674. The minimum Gasteiger partial charge on any atom is -0.506 e. The van der Waals surface area contributed by atoms with Crippen LogP contribution in [0.3, 0.4) is 0 Å². The largest absolute Gasteiger partial charge is 0.506 e. The molecule has 1 atom stereocenters. The van der Waals surface area contributed by atoms with Crippen molar-refractivity contribution in [3.63, 3.8) is 0 Å². The zero-order valence-corrected chi connectivity index (χ0v) is 14.8. The Labute approximate surface area is 158 Å². The SMILES string of the molecule is Oc1ccc(-n2cc([C@H](O)c3c(C4CC4)ncc4cncn34)nn2)cc1Cl. The number of phenols is 1. The lowest BCUT2D eigenvalue weighted by Gasteiger charge is -2.15. The average molecular weight is 383 g/mol. The van der Waals surface area contributed by atoms with Crippen molar-refractivity contribution in [2.45, 2.75) is 24.9 Å². The molecule has 136 valence electrons. The molecule has 0 radical (unpaired) electrons. The van der Waals surface area contributed by atoms with Crippen LogP contribution in [-0.2, 0) is 0 Å². The summed E-state index contributed by atoms with van der Waals surface area (Å²) in [5, 5.41) is 29.1. The van der Waals surface area contributed by atoms with E-state index in [4.69, 9.17) is 11.6 Å². The summed E-state index contributed by atoms with van der Waals surface area (Å²) in [4.78, 5) is 8.71. The van der Waals surface area contributed by atoms with E-state index >= 15 is 0 Å². The van der Waals surface area contributed by atoms with Gasteiger partial charge in [-0.1, -0.05) is 16.8 Å². The molecule has 8 nitrogen and oxygen atoms in total. The molecule has 1 aliphatic carbocycles. The number of aliphatic hydroxyl groups is 1.